The third kappa shape index (κ3) is 2.55. The van der Waals surface area contributed by atoms with Crippen molar-refractivity contribution in [1.29, 1.82) is 0 Å². The van der Waals surface area contributed by atoms with E-state index in [1.807, 2.05) is 30.3 Å². The van der Waals surface area contributed by atoms with Crippen LogP contribution in [0.2, 0.25) is 0 Å². The number of aromatic nitrogens is 2. The van der Waals surface area contributed by atoms with Crippen molar-refractivity contribution in [1.82, 2.24) is 9.97 Å². The molecule has 0 fully saturated rings. The first kappa shape index (κ1) is 13.5. The number of fused-ring (bicyclic) bond motifs is 1. The summed E-state index contributed by atoms with van der Waals surface area (Å²) in [6.45, 7) is 0. The van der Waals surface area contributed by atoms with Gasteiger partial charge in [-0.15, -0.1) is 11.6 Å². The molecule has 0 bridgehead atoms. The zero-order chi connectivity index (χ0) is 14.8. The smallest absolute Gasteiger partial charge is 0.258 e. The Morgan fingerprint density at radius 1 is 1.10 bits per heavy atom. The molecule has 104 valence electrons. The van der Waals surface area contributed by atoms with Crippen molar-refractivity contribution >= 4 is 28.2 Å². The maximum absolute atomic E-state index is 11.0. The van der Waals surface area contributed by atoms with Crippen LogP contribution in [0.25, 0.3) is 22.2 Å². The van der Waals surface area contributed by atoms with Gasteiger partial charge in [-0.05, 0) is 6.07 Å². The molecular formula is C15H10ClN3O2. The Hall–Kier alpha value is -2.53. The summed E-state index contributed by atoms with van der Waals surface area (Å²) in [6, 6.07) is 14.0. The monoisotopic (exact) mass is 299 g/mol. The molecule has 2 aromatic carbocycles. The van der Waals surface area contributed by atoms with Crippen LogP contribution in [-0.2, 0) is 5.88 Å². The second-order valence-electron chi connectivity index (χ2n) is 4.45. The quantitative estimate of drug-likeness (QED) is 0.417. The van der Waals surface area contributed by atoms with Gasteiger partial charge in [0.25, 0.3) is 5.69 Å². The second kappa shape index (κ2) is 5.46. The molecule has 0 saturated carbocycles. The van der Waals surface area contributed by atoms with Crippen LogP contribution in [0.15, 0.2) is 48.5 Å². The number of alkyl halides is 1. The Morgan fingerprint density at radius 3 is 2.52 bits per heavy atom. The number of hydrogen-bond acceptors (Lipinski definition) is 4. The van der Waals surface area contributed by atoms with Gasteiger partial charge in [0.15, 0.2) is 0 Å². The van der Waals surface area contributed by atoms with Crippen molar-refractivity contribution in [2.24, 2.45) is 0 Å². The van der Waals surface area contributed by atoms with Crippen LogP contribution in [0.4, 0.5) is 5.69 Å². The summed E-state index contributed by atoms with van der Waals surface area (Å²) in [5.41, 5.74) is 2.18. The highest BCUT2D eigenvalue weighted by molar-refractivity contribution is 6.16. The van der Waals surface area contributed by atoms with Crippen LogP contribution in [0, 0.1) is 10.1 Å². The minimum Gasteiger partial charge on any atom is -0.258 e. The normalized spacial score (nSPS) is 10.7. The van der Waals surface area contributed by atoms with Gasteiger partial charge in [0.05, 0.1) is 22.0 Å². The van der Waals surface area contributed by atoms with E-state index in [9.17, 15) is 10.1 Å². The van der Waals surface area contributed by atoms with E-state index in [2.05, 4.69) is 9.97 Å². The Bertz CT molecular complexity index is 822. The van der Waals surface area contributed by atoms with Gasteiger partial charge in [-0.1, -0.05) is 30.3 Å². The molecule has 0 unspecified atom stereocenters. The van der Waals surface area contributed by atoms with Gasteiger partial charge in [0.2, 0.25) is 0 Å². The van der Waals surface area contributed by atoms with Crippen molar-refractivity contribution in [2.75, 3.05) is 0 Å². The molecule has 0 radical (unpaired) electrons. The number of benzene rings is 2. The summed E-state index contributed by atoms with van der Waals surface area (Å²) in [7, 11) is 0. The second-order valence-corrected chi connectivity index (χ2v) is 4.71. The number of non-ortho nitro benzene ring substituents is 1. The maximum atomic E-state index is 11.0. The molecule has 3 rings (SSSR count). The highest BCUT2D eigenvalue weighted by Crippen LogP contribution is 2.29. The molecule has 0 aliphatic carbocycles. The number of hydrogen-bond donors (Lipinski definition) is 0. The average molecular weight is 300 g/mol. The third-order valence-electron chi connectivity index (χ3n) is 3.10. The van der Waals surface area contributed by atoms with Crippen LogP contribution in [0.5, 0.6) is 0 Å². The molecule has 0 atom stereocenters. The fourth-order valence-corrected chi connectivity index (χ4v) is 2.27. The topological polar surface area (TPSA) is 68.9 Å². The number of rotatable bonds is 3. The van der Waals surface area contributed by atoms with E-state index >= 15 is 0 Å². The predicted octanol–water partition coefficient (Wildman–Crippen LogP) is 3.94. The first-order chi connectivity index (χ1) is 10.2. The fourth-order valence-electron chi connectivity index (χ4n) is 2.15. The lowest BCUT2D eigenvalue weighted by atomic mass is 10.1. The van der Waals surface area contributed by atoms with Gasteiger partial charge in [-0.25, -0.2) is 9.97 Å². The Labute approximate surface area is 125 Å². The maximum Gasteiger partial charge on any atom is 0.270 e. The molecule has 1 heterocycles. The molecule has 5 nitrogen and oxygen atoms in total. The molecule has 0 amide bonds. The number of nitro benzene ring substituents is 1. The van der Waals surface area contributed by atoms with Gasteiger partial charge in [0.1, 0.15) is 5.82 Å². The Kier molecular flexibility index (Phi) is 3.50. The SMILES string of the molecule is O=[N+]([O-])c1ccc2nc(CCl)nc(-c3ccccc3)c2c1. The summed E-state index contributed by atoms with van der Waals surface area (Å²) in [6.07, 6.45) is 0. The molecule has 0 aliphatic heterocycles. The van der Waals surface area contributed by atoms with E-state index in [4.69, 9.17) is 11.6 Å². The van der Waals surface area contributed by atoms with Crippen molar-refractivity contribution < 1.29 is 4.92 Å². The first-order valence-corrected chi connectivity index (χ1v) is 6.79. The highest BCUT2D eigenvalue weighted by Gasteiger charge is 2.13. The van der Waals surface area contributed by atoms with Crippen LogP contribution in [0.3, 0.4) is 0 Å². The summed E-state index contributed by atoms with van der Waals surface area (Å²) in [5.74, 6) is 0.684. The van der Waals surface area contributed by atoms with Crippen molar-refractivity contribution in [3.63, 3.8) is 0 Å². The predicted molar refractivity (Wildman–Crippen MR) is 81.2 cm³/mol. The van der Waals surface area contributed by atoms with Crippen LogP contribution < -0.4 is 0 Å². The lowest BCUT2D eigenvalue weighted by Gasteiger charge is -2.07. The molecule has 1 aromatic heterocycles. The summed E-state index contributed by atoms with van der Waals surface area (Å²) >= 11 is 5.84. The van der Waals surface area contributed by atoms with Gasteiger partial charge in [-0.3, -0.25) is 10.1 Å². The Balaban J connectivity index is 2.33. The lowest BCUT2D eigenvalue weighted by molar-refractivity contribution is -0.384. The molecule has 0 aliphatic rings. The largest absolute Gasteiger partial charge is 0.270 e. The molecule has 6 heteroatoms. The minimum atomic E-state index is -0.427. The van der Waals surface area contributed by atoms with Crippen molar-refractivity contribution in [3.8, 4) is 11.3 Å². The van der Waals surface area contributed by atoms with E-state index in [1.165, 1.54) is 12.1 Å². The molecule has 21 heavy (non-hydrogen) atoms. The molecule has 0 N–H and O–H groups in total. The lowest BCUT2D eigenvalue weighted by Crippen LogP contribution is -1.97. The third-order valence-corrected chi connectivity index (χ3v) is 3.34. The van der Waals surface area contributed by atoms with Crippen LogP contribution >= 0.6 is 11.6 Å². The van der Waals surface area contributed by atoms with Crippen molar-refractivity contribution in [2.45, 2.75) is 5.88 Å². The van der Waals surface area contributed by atoms with Gasteiger partial charge >= 0.3 is 0 Å². The van der Waals surface area contributed by atoms with Crippen molar-refractivity contribution in [3.05, 3.63) is 64.5 Å². The van der Waals surface area contributed by atoms with Gasteiger partial charge < -0.3 is 0 Å². The zero-order valence-electron chi connectivity index (χ0n) is 10.9. The zero-order valence-corrected chi connectivity index (χ0v) is 11.6. The summed E-state index contributed by atoms with van der Waals surface area (Å²) < 4.78 is 0. The number of nitrogens with zero attached hydrogens (tertiary/aromatic N) is 3. The average Bonchev–Trinajstić information content (AvgIpc) is 2.54. The summed E-state index contributed by atoms with van der Waals surface area (Å²) in [5, 5.41) is 11.6. The standard InChI is InChI=1S/C15H10ClN3O2/c16-9-14-17-13-7-6-11(19(20)21)8-12(13)15(18-14)10-4-2-1-3-5-10/h1-8H,9H2. The van der Waals surface area contributed by atoms with E-state index in [-0.39, 0.29) is 11.6 Å². The molecule has 0 spiro atoms. The number of nitro groups is 1. The van der Waals surface area contributed by atoms with E-state index in [0.717, 1.165) is 5.56 Å². The highest BCUT2D eigenvalue weighted by atomic mass is 35.5. The van der Waals surface area contributed by atoms with E-state index in [0.29, 0.717) is 22.4 Å². The van der Waals surface area contributed by atoms with Gasteiger partial charge in [0, 0.05) is 23.1 Å². The fraction of sp³-hybridized carbons (Fsp3) is 0.0667. The first-order valence-electron chi connectivity index (χ1n) is 6.25. The van der Waals surface area contributed by atoms with Crippen LogP contribution in [0.1, 0.15) is 5.82 Å². The van der Waals surface area contributed by atoms with Crippen LogP contribution in [-0.4, -0.2) is 14.9 Å². The molecule has 0 saturated heterocycles. The molecule has 3 aromatic rings. The minimum absolute atomic E-state index is 0.0157. The summed E-state index contributed by atoms with van der Waals surface area (Å²) in [4.78, 5) is 19.3. The van der Waals surface area contributed by atoms with E-state index < -0.39 is 4.92 Å². The van der Waals surface area contributed by atoms with E-state index in [1.54, 1.807) is 6.07 Å². The Morgan fingerprint density at radius 2 is 1.86 bits per heavy atom. The van der Waals surface area contributed by atoms with Gasteiger partial charge in [-0.2, -0.15) is 0 Å². The molecular weight excluding hydrogens is 290 g/mol. The number of halogens is 1.